The van der Waals surface area contributed by atoms with Crippen LogP contribution < -0.4 is 11.4 Å². The van der Waals surface area contributed by atoms with Gasteiger partial charge in [0.15, 0.2) is 0 Å². The van der Waals surface area contributed by atoms with Crippen LogP contribution in [0.15, 0.2) is 35.4 Å². The number of benzene rings is 1. The molecule has 2 rings (SSSR count). The van der Waals surface area contributed by atoms with E-state index >= 15 is 0 Å². The molecule has 106 valence electrons. The van der Waals surface area contributed by atoms with Gasteiger partial charge >= 0.3 is 11.7 Å². The van der Waals surface area contributed by atoms with E-state index in [-0.39, 0.29) is 29.5 Å². The van der Waals surface area contributed by atoms with Crippen molar-refractivity contribution in [3.8, 4) is 0 Å². The molecule has 0 bridgehead atoms. The van der Waals surface area contributed by atoms with Crippen molar-refractivity contribution in [3.05, 3.63) is 52.2 Å². The Labute approximate surface area is 116 Å². The Morgan fingerprint density at radius 2 is 2.05 bits per heavy atom. The highest BCUT2D eigenvalue weighted by molar-refractivity contribution is 5.95. The smallest absolute Gasteiger partial charge is 0.338 e. The van der Waals surface area contributed by atoms with Crippen molar-refractivity contribution < 1.29 is 9.90 Å². The molecule has 0 spiro atoms. The number of anilines is 1. The summed E-state index contributed by atoms with van der Waals surface area (Å²) in [5, 5.41) is 9.21. The number of rotatable bonds is 4. The number of nitrogens with zero attached hydrogens (tertiary/aromatic N) is 2. The monoisotopic (exact) mass is 275 g/mol. The molecule has 1 heterocycles. The maximum atomic E-state index is 12.1. The Bertz CT molecular complexity index is 698. The first-order valence-corrected chi connectivity index (χ1v) is 6.29. The van der Waals surface area contributed by atoms with E-state index in [1.54, 1.807) is 29.1 Å². The summed E-state index contributed by atoms with van der Waals surface area (Å²) in [5.74, 6) is -1.09. The van der Waals surface area contributed by atoms with Gasteiger partial charge in [-0.1, -0.05) is 12.1 Å². The van der Waals surface area contributed by atoms with Gasteiger partial charge in [-0.05, 0) is 25.5 Å². The topological polar surface area (TPSA) is 90.2 Å². The van der Waals surface area contributed by atoms with Crippen molar-refractivity contribution in [1.29, 1.82) is 0 Å². The lowest BCUT2D eigenvalue weighted by Crippen LogP contribution is -2.26. The Hall–Kier alpha value is -2.50. The maximum Gasteiger partial charge on any atom is 0.338 e. The van der Waals surface area contributed by atoms with Gasteiger partial charge in [-0.3, -0.25) is 9.13 Å². The molecular formula is C14H17N3O3. The molecule has 0 aliphatic carbocycles. The number of aromatic carboxylic acids is 1. The van der Waals surface area contributed by atoms with Gasteiger partial charge in [-0.15, -0.1) is 0 Å². The largest absolute Gasteiger partial charge is 0.478 e. The lowest BCUT2D eigenvalue weighted by atomic mass is 10.1. The van der Waals surface area contributed by atoms with Crippen LogP contribution in [0, 0.1) is 0 Å². The van der Waals surface area contributed by atoms with Gasteiger partial charge in [0.05, 0.1) is 12.1 Å². The average molecular weight is 275 g/mol. The van der Waals surface area contributed by atoms with Crippen molar-refractivity contribution in [2.24, 2.45) is 0 Å². The van der Waals surface area contributed by atoms with E-state index in [0.717, 1.165) is 0 Å². The number of carboxylic acid groups (broad SMARTS) is 1. The zero-order chi connectivity index (χ0) is 14.9. The molecule has 1 aromatic heterocycles. The van der Waals surface area contributed by atoms with Gasteiger partial charge in [-0.25, -0.2) is 9.59 Å². The quantitative estimate of drug-likeness (QED) is 0.828. The van der Waals surface area contributed by atoms with E-state index in [1.165, 1.54) is 10.6 Å². The first-order valence-electron chi connectivity index (χ1n) is 6.29. The molecule has 2 aromatic rings. The Morgan fingerprint density at radius 3 is 2.60 bits per heavy atom. The molecule has 0 saturated heterocycles. The molecule has 1 aromatic carbocycles. The first kappa shape index (κ1) is 13.9. The van der Waals surface area contributed by atoms with E-state index in [0.29, 0.717) is 5.56 Å². The highest BCUT2D eigenvalue weighted by atomic mass is 16.4. The lowest BCUT2D eigenvalue weighted by Gasteiger charge is -2.09. The van der Waals surface area contributed by atoms with Gasteiger partial charge in [0, 0.05) is 24.1 Å². The number of hydrogen-bond acceptors (Lipinski definition) is 3. The third-order valence-corrected chi connectivity index (χ3v) is 3.17. The van der Waals surface area contributed by atoms with E-state index < -0.39 is 5.97 Å². The van der Waals surface area contributed by atoms with Crippen molar-refractivity contribution in [2.75, 3.05) is 5.73 Å². The Kier molecular flexibility index (Phi) is 3.65. The van der Waals surface area contributed by atoms with Gasteiger partial charge in [0.1, 0.15) is 0 Å². The zero-order valence-corrected chi connectivity index (χ0v) is 11.4. The van der Waals surface area contributed by atoms with Gasteiger partial charge in [-0.2, -0.15) is 0 Å². The first-order chi connectivity index (χ1) is 9.41. The van der Waals surface area contributed by atoms with Crippen LogP contribution in [0.3, 0.4) is 0 Å². The predicted molar refractivity (Wildman–Crippen MR) is 76.0 cm³/mol. The van der Waals surface area contributed by atoms with Crippen molar-refractivity contribution >= 4 is 11.7 Å². The highest BCUT2D eigenvalue weighted by Crippen LogP contribution is 2.18. The number of aromatic nitrogens is 2. The summed E-state index contributed by atoms with van der Waals surface area (Å²) in [6.45, 7) is 4.01. The summed E-state index contributed by atoms with van der Waals surface area (Å²) in [5.41, 5.74) is 6.29. The minimum absolute atomic E-state index is 0.0525. The van der Waals surface area contributed by atoms with E-state index in [4.69, 9.17) is 5.73 Å². The van der Waals surface area contributed by atoms with Crippen molar-refractivity contribution in [3.63, 3.8) is 0 Å². The summed E-state index contributed by atoms with van der Waals surface area (Å²) >= 11 is 0. The fraction of sp³-hybridized carbons (Fsp3) is 0.286. The molecule has 6 heteroatoms. The van der Waals surface area contributed by atoms with E-state index in [2.05, 4.69) is 0 Å². The second-order valence-corrected chi connectivity index (χ2v) is 4.90. The van der Waals surface area contributed by atoms with Crippen molar-refractivity contribution in [2.45, 2.75) is 26.4 Å². The summed E-state index contributed by atoms with van der Waals surface area (Å²) in [6, 6.07) is 4.94. The minimum atomic E-state index is -1.09. The van der Waals surface area contributed by atoms with Crippen LogP contribution in [-0.2, 0) is 6.54 Å². The number of hydrogen-bond donors (Lipinski definition) is 2. The molecular weight excluding hydrogens is 258 g/mol. The van der Waals surface area contributed by atoms with E-state index in [1.807, 2.05) is 13.8 Å². The molecule has 3 N–H and O–H groups in total. The third kappa shape index (κ3) is 2.45. The normalized spacial score (nSPS) is 10.9. The molecule has 0 aliphatic heterocycles. The van der Waals surface area contributed by atoms with Crippen LogP contribution in [0.5, 0.6) is 0 Å². The number of nitrogen functional groups attached to an aromatic ring is 1. The Balaban J connectivity index is 2.43. The molecule has 0 radical (unpaired) electrons. The maximum absolute atomic E-state index is 12.1. The fourth-order valence-electron chi connectivity index (χ4n) is 2.14. The van der Waals surface area contributed by atoms with Gasteiger partial charge in [0.25, 0.3) is 0 Å². The van der Waals surface area contributed by atoms with Crippen LogP contribution in [0.2, 0.25) is 0 Å². The van der Waals surface area contributed by atoms with Crippen molar-refractivity contribution in [1.82, 2.24) is 9.13 Å². The number of nitrogens with two attached hydrogens (primary N) is 1. The third-order valence-electron chi connectivity index (χ3n) is 3.17. The van der Waals surface area contributed by atoms with Crippen LogP contribution in [0.25, 0.3) is 0 Å². The summed E-state index contributed by atoms with van der Waals surface area (Å²) in [4.78, 5) is 23.4. The molecule has 0 aliphatic rings. The molecule has 0 amide bonds. The van der Waals surface area contributed by atoms with Gasteiger partial charge in [0.2, 0.25) is 0 Å². The molecule has 0 fully saturated rings. The highest BCUT2D eigenvalue weighted by Gasteiger charge is 2.15. The molecule has 20 heavy (non-hydrogen) atoms. The lowest BCUT2D eigenvalue weighted by molar-refractivity contribution is 0.0696. The number of carbonyl (C=O) groups is 1. The average Bonchev–Trinajstić information content (AvgIpc) is 2.70. The summed E-state index contributed by atoms with van der Waals surface area (Å²) < 4.78 is 3.06. The number of imidazole rings is 1. The predicted octanol–water partition coefficient (Wildman–Crippen LogP) is 1.56. The van der Waals surface area contributed by atoms with Crippen LogP contribution in [-0.4, -0.2) is 20.2 Å². The summed E-state index contributed by atoms with van der Waals surface area (Å²) in [7, 11) is 0. The van der Waals surface area contributed by atoms with Crippen LogP contribution in [0.1, 0.15) is 35.8 Å². The standard InChI is InChI=1S/C14H17N3O3/c1-9(2)17-7-6-16(14(17)20)8-10-4-3-5-11(15)12(10)13(18)19/h3-7,9H,8,15H2,1-2H3,(H,18,19). The molecule has 0 atom stereocenters. The molecule has 6 nitrogen and oxygen atoms in total. The van der Waals surface area contributed by atoms with Gasteiger partial charge < -0.3 is 10.8 Å². The molecule has 0 unspecified atom stereocenters. The van der Waals surface area contributed by atoms with Crippen LogP contribution >= 0.6 is 0 Å². The second kappa shape index (κ2) is 5.24. The Morgan fingerprint density at radius 1 is 1.35 bits per heavy atom. The fourth-order valence-corrected chi connectivity index (χ4v) is 2.14. The molecule has 0 saturated carbocycles. The zero-order valence-electron chi connectivity index (χ0n) is 11.4. The minimum Gasteiger partial charge on any atom is -0.478 e. The SMILES string of the molecule is CC(C)n1ccn(Cc2cccc(N)c2C(=O)O)c1=O. The number of carboxylic acids is 1. The second-order valence-electron chi connectivity index (χ2n) is 4.90. The summed E-state index contributed by atoms with van der Waals surface area (Å²) in [6.07, 6.45) is 3.34. The van der Waals surface area contributed by atoms with E-state index in [9.17, 15) is 14.7 Å². The van der Waals surface area contributed by atoms with Crippen LogP contribution in [0.4, 0.5) is 5.69 Å².